The van der Waals surface area contributed by atoms with Gasteiger partial charge in [0.2, 0.25) is 0 Å². The quantitative estimate of drug-likeness (QED) is 0.460. The van der Waals surface area contributed by atoms with Crippen molar-refractivity contribution < 1.29 is 0 Å². The Hall–Kier alpha value is -0.770. The molecule has 1 aliphatic heterocycles. The molecule has 0 aromatic carbocycles. The summed E-state index contributed by atoms with van der Waals surface area (Å²) in [6, 6.07) is 0. The smallest absolute Gasteiger partial charge is 0.193 e. The van der Waals surface area contributed by atoms with E-state index in [0.717, 1.165) is 31.4 Å². The van der Waals surface area contributed by atoms with Gasteiger partial charge in [0.15, 0.2) is 5.96 Å². The molecule has 1 N–H and O–H groups in total. The van der Waals surface area contributed by atoms with Crippen LogP contribution in [0.2, 0.25) is 0 Å². The molecule has 4 heteroatoms. The largest absolute Gasteiger partial charge is 0.357 e. The lowest BCUT2D eigenvalue weighted by molar-refractivity contribution is 0.191. The van der Waals surface area contributed by atoms with Gasteiger partial charge >= 0.3 is 0 Å². The first-order valence-corrected chi connectivity index (χ1v) is 7.31. The lowest BCUT2D eigenvalue weighted by Crippen LogP contribution is -2.37. The van der Waals surface area contributed by atoms with Crippen molar-refractivity contribution in [2.24, 2.45) is 10.9 Å². The van der Waals surface area contributed by atoms with Crippen molar-refractivity contribution in [3.63, 3.8) is 0 Å². The van der Waals surface area contributed by atoms with E-state index in [4.69, 9.17) is 0 Å². The van der Waals surface area contributed by atoms with E-state index in [1.807, 2.05) is 19.0 Å². The van der Waals surface area contributed by atoms with Crippen LogP contribution in [0.5, 0.6) is 0 Å². The zero-order chi connectivity index (χ0) is 13.4. The summed E-state index contributed by atoms with van der Waals surface area (Å²) in [6.45, 7) is 10.1. The average Bonchev–Trinajstić information content (AvgIpc) is 2.35. The SMILES string of the molecule is CCNC(=NCCCN1CCC(C)CC1)N(C)C. The Balaban J connectivity index is 2.18. The van der Waals surface area contributed by atoms with Gasteiger partial charge in [-0.05, 0) is 51.7 Å². The molecule has 0 unspecified atom stereocenters. The van der Waals surface area contributed by atoms with E-state index >= 15 is 0 Å². The number of rotatable bonds is 5. The van der Waals surface area contributed by atoms with Gasteiger partial charge < -0.3 is 15.1 Å². The highest BCUT2D eigenvalue weighted by molar-refractivity contribution is 5.79. The molecule has 0 saturated carbocycles. The van der Waals surface area contributed by atoms with Gasteiger partial charge in [-0.25, -0.2) is 0 Å². The number of hydrogen-bond acceptors (Lipinski definition) is 2. The van der Waals surface area contributed by atoms with Gasteiger partial charge in [-0.1, -0.05) is 6.92 Å². The van der Waals surface area contributed by atoms with Crippen molar-refractivity contribution in [1.82, 2.24) is 15.1 Å². The van der Waals surface area contributed by atoms with Crippen LogP contribution in [0.4, 0.5) is 0 Å². The lowest BCUT2D eigenvalue weighted by atomic mass is 9.99. The molecule has 0 aliphatic carbocycles. The van der Waals surface area contributed by atoms with Crippen LogP contribution in [0.3, 0.4) is 0 Å². The highest BCUT2D eigenvalue weighted by Crippen LogP contribution is 2.15. The summed E-state index contributed by atoms with van der Waals surface area (Å²) in [5, 5.41) is 3.29. The van der Waals surface area contributed by atoms with Crippen LogP contribution in [0.25, 0.3) is 0 Å². The Morgan fingerprint density at radius 1 is 1.33 bits per heavy atom. The van der Waals surface area contributed by atoms with E-state index in [0.29, 0.717) is 0 Å². The first-order valence-electron chi connectivity index (χ1n) is 7.31. The molecule has 0 aromatic heterocycles. The molecular weight excluding hydrogens is 224 g/mol. The summed E-state index contributed by atoms with van der Waals surface area (Å²) in [5.74, 6) is 1.93. The minimum atomic E-state index is 0.923. The molecule has 0 spiro atoms. The van der Waals surface area contributed by atoms with Crippen LogP contribution in [0.1, 0.15) is 33.1 Å². The first kappa shape index (κ1) is 15.3. The molecule has 0 atom stereocenters. The summed E-state index contributed by atoms with van der Waals surface area (Å²) in [5.41, 5.74) is 0. The van der Waals surface area contributed by atoms with Crippen LogP contribution in [0, 0.1) is 5.92 Å². The minimum Gasteiger partial charge on any atom is -0.357 e. The maximum absolute atomic E-state index is 4.62. The number of likely N-dealkylation sites (tertiary alicyclic amines) is 1. The third-order valence-electron chi connectivity index (χ3n) is 3.53. The summed E-state index contributed by atoms with van der Waals surface area (Å²) < 4.78 is 0. The van der Waals surface area contributed by atoms with E-state index in [1.54, 1.807) is 0 Å². The Morgan fingerprint density at radius 2 is 2.00 bits per heavy atom. The maximum atomic E-state index is 4.62. The van der Waals surface area contributed by atoms with Crippen LogP contribution in [-0.2, 0) is 0 Å². The molecule has 1 rings (SSSR count). The molecule has 0 bridgehead atoms. The number of piperidine rings is 1. The van der Waals surface area contributed by atoms with E-state index in [9.17, 15) is 0 Å². The van der Waals surface area contributed by atoms with Crippen LogP contribution in [-0.4, -0.2) is 62.6 Å². The fourth-order valence-corrected chi connectivity index (χ4v) is 2.28. The maximum Gasteiger partial charge on any atom is 0.193 e. The predicted octanol–water partition coefficient (Wildman–Crippen LogP) is 1.64. The highest BCUT2D eigenvalue weighted by Gasteiger charge is 2.14. The molecule has 0 aromatic rings. The standard InChI is InChI=1S/C14H30N4/c1-5-15-14(17(3)4)16-9-6-10-18-11-7-13(2)8-12-18/h13H,5-12H2,1-4H3,(H,15,16). The summed E-state index contributed by atoms with van der Waals surface area (Å²) in [7, 11) is 4.07. The van der Waals surface area contributed by atoms with Crippen molar-refractivity contribution in [2.45, 2.75) is 33.1 Å². The summed E-state index contributed by atoms with van der Waals surface area (Å²) in [4.78, 5) is 9.25. The predicted molar refractivity (Wildman–Crippen MR) is 79.1 cm³/mol. The van der Waals surface area contributed by atoms with E-state index in [1.165, 1.54) is 32.5 Å². The van der Waals surface area contributed by atoms with Gasteiger partial charge in [-0.2, -0.15) is 0 Å². The Kier molecular flexibility index (Phi) is 7.09. The van der Waals surface area contributed by atoms with Crippen molar-refractivity contribution in [3.8, 4) is 0 Å². The van der Waals surface area contributed by atoms with Crippen LogP contribution in [0.15, 0.2) is 4.99 Å². The van der Waals surface area contributed by atoms with Gasteiger partial charge in [0, 0.05) is 27.2 Å². The number of aliphatic imine (C=N–C) groups is 1. The van der Waals surface area contributed by atoms with E-state index in [-0.39, 0.29) is 0 Å². The first-order chi connectivity index (χ1) is 8.63. The van der Waals surface area contributed by atoms with Gasteiger partial charge in [-0.3, -0.25) is 4.99 Å². The zero-order valence-corrected chi connectivity index (χ0v) is 12.6. The second-order valence-corrected chi connectivity index (χ2v) is 5.51. The zero-order valence-electron chi connectivity index (χ0n) is 12.6. The van der Waals surface area contributed by atoms with Gasteiger partial charge in [0.1, 0.15) is 0 Å². The fraction of sp³-hybridized carbons (Fsp3) is 0.929. The summed E-state index contributed by atoms with van der Waals surface area (Å²) >= 11 is 0. The Bertz CT molecular complexity index is 242. The molecule has 0 radical (unpaired) electrons. The van der Waals surface area contributed by atoms with Gasteiger partial charge in [0.25, 0.3) is 0 Å². The molecule has 1 aliphatic rings. The number of hydrogen-bond donors (Lipinski definition) is 1. The second-order valence-electron chi connectivity index (χ2n) is 5.51. The Labute approximate surface area is 112 Å². The molecule has 1 heterocycles. The van der Waals surface area contributed by atoms with E-state index in [2.05, 4.69) is 29.1 Å². The molecule has 106 valence electrons. The highest BCUT2D eigenvalue weighted by atomic mass is 15.3. The van der Waals surface area contributed by atoms with Crippen LogP contribution < -0.4 is 5.32 Å². The van der Waals surface area contributed by atoms with Crippen molar-refractivity contribution in [1.29, 1.82) is 0 Å². The number of nitrogens with zero attached hydrogens (tertiary/aromatic N) is 3. The second kappa shape index (κ2) is 8.35. The third-order valence-corrected chi connectivity index (χ3v) is 3.53. The topological polar surface area (TPSA) is 30.9 Å². The van der Waals surface area contributed by atoms with Gasteiger partial charge in [-0.15, -0.1) is 0 Å². The van der Waals surface area contributed by atoms with Crippen molar-refractivity contribution in [2.75, 3.05) is 46.8 Å². The molecule has 0 amide bonds. The van der Waals surface area contributed by atoms with Crippen LogP contribution >= 0.6 is 0 Å². The summed E-state index contributed by atoms with van der Waals surface area (Å²) in [6.07, 6.45) is 3.89. The molecular formula is C14H30N4. The minimum absolute atomic E-state index is 0.923. The number of nitrogens with one attached hydrogen (secondary N) is 1. The molecule has 4 nitrogen and oxygen atoms in total. The molecule has 1 fully saturated rings. The fourth-order valence-electron chi connectivity index (χ4n) is 2.28. The lowest BCUT2D eigenvalue weighted by Gasteiger charge is -2.29. The Morgan fingerprint density at radius 3 is 2.56 bits per heavy atom. The van der Waals surface area contributed by atoms with Gasteiger partial charge in [0.05, 0.1) is 0 Å². The monoisotopic (exact) mass is 254 g/mol. The van der Waals surface area contributed by atoms with E-state index < -0.39 is 0 Å². The molecule has 18 heavy (non-hydrogen) atoms. The number of guanidine groups is 1. The van der Waals surface area contributed by atoms with Crippen molar-refractivity contribution in [3.05, 3.63) is 0 Å². The average molecular weight is 254 g/mol. The molecule has 1 saturated heterocycles. The third kappa shape index (κ3) is 5.71. The normalized spacial score (nSPS) is 19.0. The van der Waals surface area contributed by atoms with Crippen molar-refractivity contribution >= 4 is 5.96 Å².